The number of hydrazone groups is 1. The number of rotatable bonds is 5. The second kappa shape index (κ2) is 7.98. The van der Waals surface area contributed by atoms with Gasteiger partial charge in [0.1, 0.15) is 23.1 Å². The Bertz CT molecular complexity index is 1080. The van der Waals surface area contributed by atoms with Crippen LogP contribution in [0.25, 0.3) is 0 Å². The summed E-state index contributed by atoms with van der Waals surface area (Å²) in [5.41, 5.74) is 3.48. The third kappa shape index (κ3) is 3.76. The highest BCUT2D eigenvalue weighted by Gasteiger charge is 2.35. The number of nitrogens with zero attached hydrogens (tertiary/aromatic N) is 3. The Morgan fingerprint density at radius 3 is 2.57 bits per heavy atom. The molecule has 0 aliphatic carbocycles. The molecule has 1 aliphatic heterocycles. The van der Waals surface area contributed by atoms with Gasteiger partial charge in [-0.1, -0.05) is 35.0 Å². The molecule has 1 atom stereocenters. The first-order chi connectivity index (χ1) is 14.4. The molecule has 1 aromatic carbocycles. The molecular formula is C22H21N3O5. The number of benzene rings is 1. The summed E-state index contributed by atoms with van der Waals surface area (Å²) in [6.07, 6.45) is 2.06. The quantitative estimate of drug-likeness (QED) is 0.598. The van der Waals surface area contributed by atoms with Gasteiger partial charge in [-0.05, 0) is 38.5 Å². The second-order valence-electron chi connectivity index (χ2n) is 7.16. The maximum atomic E-state index is 12.9. The molecule has 0 unspecified atom stereocenters. The van der Waals surface area contributed by atoms with E-state index in [1.807, 2.05) is 31.2 Å². The fourth-order valence-corrected chi connectivity index (χ4v) is 3.40. The van der Waals surface area contributed by atoms with Crippen LogP contribution >= 0.6 is 0 Å². The van der Waals surface area contributed by atoms with E-state index in [1.54, 1.807) is 32.2 Å². The maximum absolute atomic E-state index is 12.9. The van der Waals surface area contributed by atoms with Crippen LogP contribution in [-0.4, -0.2) is 34.4 Å². The molecule has 8 heteroatoms. The lowest BCUT2D eigenvalue weighted by Gasteiger charge is -2.19. The van der Waals surface area contributed by atoms with E-state index in [0.717, 1.165) is 16.8 Å². The zero-order valence-electron chi connectivity index (χ0n) is 16.9. The van der Waals surface area contributed by atoms with Crippen LogP contribution in [0, 0.1) is 20.8 Å². The van der Waals surface area contributed by atoms with E-state index in [2.05, 4.69) is 10.3 Å². The van der Waals surface area contributed by atoms with Crippen LogP contribution in [0.1, 0.15) is 51.2 Å². The highest BCUT2D eigenvalue weighted by Crippen LogP contribution is 2.33. The van der Waals surface area contributed by atoms with Gasteiger partial charge in [0.15, 0.2) is 6.61 Å². The number of carbonyl (C=O) groups excluding carboxylic acids is 2. The predicted octanol–water partition coefficient (Wildman–Crippen LogP) is 3.73. The summed E-state index contributed by atoms with van der Waals surface area (Å²) in [6, 6.07) is 11.1. The van der Waals surface area contributed by atoms with Crippen molar-refractivity contribution in [2.24, 2.45) is 5.10 Å². The van der Waals surface area contributed by atoms with Crippen molar-refractivity contribution in [3.05, 3.63) is 76.6 Å². The first-order valence-electron chi connectivity index (χ1n) is 9.54. The Hall–Kier alpha value is -3.68. The van der Waals surface area contributed by atoms with Crippen LogP contribution in [0.4, 0.5) is 0 Å². The number of esters is 1. The number of hydrogen-bond donors (Lipinski definition) is 0. The molecule has 3 aromatic rings. The Balaban J connectivity index is 1.53. The van der Waals surface area contributed by atoms with Crippen molar-refractivity contribution in [2.45, 2.75) is 33.2 Å². The second-order valence-corrected chi connectivity index (χ2v) is 7.16. The highest BCUT2D eigenvalue weighted by molar-refractivity contribution is 6.03. The van der Waals surface area contributed by atoms with Crippen molar-refractivity contribution >= 4 is 17.6 Å². The molecule has 0 fully saturated rings. The van der Waals surface area contributed by atoms with E-state index in [9.17, 15) is 9.59 Å². The van der Waals surface area contributed by atoms with Crippen LogP contribution in [0.3, 0.4) is 0 Å². The minimum absolute atomic E-state index is 0.232. The smallest absolute Gasteiger partial charge is 0.344 e. The van der Waals surface area contributed by atoms with Crippen molar-refractivity contribution < 1.29 is 23.3 Å². The van der Waals surface area contributed by atoms with E-state index < -0.39 is 24.5 Å². The summed E-state index contributed by atoms with van der Waals surface area (Å²) in [5, 5.41) is 9.58. The van der Waals surface area contributed by atoms with Gasteiger partial charge in [-0.15, -0.1) is 0 Å². The minimum Gasteiger partial charge on any atom is -0.467 e. The first kappa shape index (κ1) is 19.6. The Kier molecular flexibility index (Phi) is 5.22. The number of ether oxygens (including phenoxy) is 1. The molecule has 8 nitrogen and oxygen atoms in total. The Labute approximate surface area is 173 Å². The van der Waals surface area contributed by atoms with Crippen LogP contribution < -0.4 is 0 Å². The SMILES string of the molecule is Cc1ccc(C2=NN(C(=O)COC(=O)c3c(C)noc3C)[C@@H](c3ccco3)C2)cc1. The van der Waals surface area contributed by atoms with Gasteiger partial charge >= 0.3 is 5.97 Å². The summed E-state index contributed by atoms with van der Waals surface area (Å²) in [5.74, 6) is -0.139. The van der Waals surface area contributed by atoms with Gasteiger partial charge in [0, 0.05) is 6.42 Å². The lowest BCUT2D eigenvalue weighted by atomic mass is 10.0. The topological polar surface area (TPSA) is 98.1 Å². The fourth-order valence-electron chi connectivity index (χ4n) is 3.40. The molecular weight excluding hydrogens is 386 g/mol. The van der Waals surface area contributed by atoms with Crippen LogP contribution in [0.2, 0.25) is 0 Å². The van der Waals surface area contributed by atoms with Crippen molar-refractivity contribution in [3.63, 3.8) is 0 Å². The molecule has 0 bridgehead atoms. The van der Waals surface area contributed by atoms with E-state index in [1.165, 1.54) is 5.01 Å². The lowest BCUT2D eigenvalue weighted by Crippen LogP contribution is -2.31. The third-order valence-electron chi connectivity index (χ3n) is 4.99. The van der Waals surface area contributed by atoms with E-state index in [0.29, 0.717) is 23.6 Å². The molecule has 1 amide bonds. The first-order valence-corrected chi connectivity index (χ1v) is 9.54. The van der Waals surface area contributed by atoms with Crippen LogP contribution in [0.15, 0.2) is 56.7 Å². The number of carbonyl (C=O) groups is 2. The van der Waals surface area contributed by atoms with Crippen LogP contribution in [-0.2, 0) is 9.53 Å². The molecule has 30 heavy (non-hydrogen) atoms. The maximum Gasteiger partial charge on any atom is 0.344 e. The molecule has 0 spiro atoms. The number of aromatic nitrogens is 1. The van der Waals surface area contributed by atoms with Gasteiger partial charge in [0.25, 0.3) is 5.91 Å². The standard InChI is InChI=1S/C22H21N3O5/c1-13-6-8-16(9-7-13)17-11-18(19-5-4-10-28-19)25(23-17)20(26)12-29-22(27)21-14(2)24-30-15(21)3/h4-10,18H,11-12H2,1-3H3/t18-/m1/s1. The van der Waals surface area contributed by atoms with E-state index in [-0.39, 0.29) is 5.56 Å². The van der Waals surface area contributed by atoms with Crippen molar-refractivity contribution in [1.29, 1.82) is 0 Å². The molecule has 0 saturated heterocycles. The van der Waals surface area contributed by atoms with Crippen molar-refractivity contribution in [2.75, 3.05) is 6.61 Å². The zero-order valence-corrected chi connectivity index (χ0v) is 16.9. The van der Waals surface area contributed by atoms with Gasteiger partial charge in [0.2, 0.25) is 0 Å². The van der Waals surface area contributed by atoms with Gasteiger partial charge in [-0.3, -0.25) is 4.79 Å². The van der Waals surface area contributed by atoms with E-state index >= 15 is 0 Å². The van der Waals surface area contributed by atoms with Crippen molar-refractivity contribution in [3.8, 4) is 0 Å². The Morgan fingerprint density at radius 2 is 1.93 bits per heavy atom. The molecule has 0 radical (unpaired) electrons. The lowest BCUT2D eigenvalue weighted by molar-refractivity contribution is -0.136. The number of aryl methyl sites for hydroxylation is 3. The molecule has 1 aliphatic rings. The number of amides is 1. The largest absolute Gasteiger partial charge is 0.467 e. The predicted molar refractivity (Wildman–Crippen MR) is 107 cm³/mol. The molecule has 4 rings (SSSR count). The molecule has 0 saturated carbocycles. The minimum atomic E-state index is -0.656. The van der Waals surface area contributed by atoms with Crippen LogP contribution in [0.5, 0.6) is 0 Å². The van der Waals surface area contributed by atoms with Crippen molar-refractivity contribution in [1.82, 2.24) is 10.2 Å². The highest BCUT2D eigenvalue weighted by atomic mass is 16.5. The number of furan rings is 1. The summed E-state index contributed by atoms with van der Waals surface area (Å²) >= 11 is 0. The summed E-state index contributed by atoms with van der Waals surface area (Å²) in [6.45, 7) is 4.81. The molecule has 2 aromatic heterocycles. The average Bonchev–Trinajstić information content (AvgIpc) is 3.46. The average molecular weight is 407 g/mol. The summed E-state index contributed by atoms with van der Waals surface area (Å²) < 4.78 is 15.7. The Morgan fingerprint density at radius 1 is 1.17 bits per heavy atom. The third-order valence-corrected chi connectivity index (χ3v) is 4.99. The van der Waals surface area contributed by atoms with Gasteiger partial charge in [-0.25, -0.2) is 9.80 Å². The zero-order chi connectivity index (χ0) is 21.3. The van der Waals surface area contributed by atoms with Gasteiger partial charge in [0.05, 0.1) is 17.7 Å². The monoisotopic (exact) mass is 407 g/mol. The van der Waals surface area contributed by atoms with Gasteiger partial charge < -0.3 is 13.7 Å². The number of hydrogen-bond acceptors (Lipinski definition) is 7. The van der Waals surface area contributed by atoms with E-state index in [4.69, 9.17) is 13.7 Å². The molecule has 154 valence electrons. The molecule has 0 N–H and O–H groups in total. The fraction of sp³-hybridized carbons (Fsp3) is 0.273. The molecule has 3 heterocycles. The normalized spacial score (nSPS) is 15.9. The summed E-state index contributed by atoms with van der Waals surface area (Å²) in [4.78, 5) is 25.2. The summed E-state index contributed by atoms with van der Waals surface area (Å²) in [7, 11) is 0. The van der Waals surface area contributed by atoms with Gasteiger partial charge in [-0.2, -0.15) is 5.10 Å².